The highest BCUT2D eigenvalue weighted by atomic mass is 35.5. The SMILES string of the molecule is O=C(CCCCl)N1CCN(c2ccc(F)cc2)CC1. The molecule has 0 bridgehead atoms. The lowest BCUT2D eigenvalue weighted by atomic mass is 10.2. The molecule has 0 spiro atoms. The number of halogens is 2. The van der Waals surface area contributed by atoms with Crippen LogP contribution in [0.3, 0.4) is 0 Å². The van der Waals surface area contributed by atoms with Gasteiger partial charge in [-0.25, -0.2) is 4.39 Å². The van der Waals surface area contributed by atoms with E-state index >= 15 is 0 Å². The third-order valence-electron chi connectivity index (χ3n) is 3.35. The van der Waals surface area contributed by atoms with Gasteiger partial charge in [0.15, 0.2) is 0 Å². The number of anilines is 1. The summed E-state index contributed by atoms with van der Waals surface area (Å²) in [4.78, 5) is 15.9. The van der Waals surface area contributed by atoms with Crippen LogP contribution in [0.4, 0.5) is 10.1 Å². The Hall–Kier alpha value is -1.29. The van der Waals surface area contributed by atoms with Crippen molar-refractivity contribution < 1.29 is 9.18 Å². The fourth-order valence-electron chi connectivity index (χ4n) is 2.24. The van der Waals surface area contributed by atoms with Crippen molar-refractivity contribution in [1.29, 1.82) is 0 Å². The van der Waals surface area contributed by atoms with E-state index in [-0.39, 0.29) is 11.7 Å². The third-order valence-corrected chi connectivity index (χ3v) is 3.62. The van der Waals surface area contributed by atoms with E-state index in [1.54, 1.807) is 12.1 Å². The van der Waals surface area contributed by atoms with Gasteiger partial charge in [0.05, 0.1) is 0 Å². The number of hydrogen-bond donors (Lipinski definition) is 0. The standard InChI is InChI=1S/C14H18ClFN2O/c15-7-1-2-14(19)18-10-8-17(9-11-18)13-5-3-12(16)4-6-13/h3-6H,1-2,7-11H2. The van der Waals surface area contributed by atoms with Crippen LogP contribution in [0.25, 0.3) is 0 Å². The van der Waals surface area contributed by atoms with Crippen LogP contribution in [0.5, 0.6) is 0 Å². The largest absolute Gasteiger partial charge is 0.368 e. The Labute approximate surface area is 117 Å². The van der Waals surface area contributed by atoms with E-state index in [4.69, 9.17) is 11.6 Å². The van der Waals surface area contributed by atoms with Gasteiger partial charge in [0.2, 0.25) is 5.91 Å². The Balaban J connectivity index is 1.85. The van der Waals surface area contributed by atoms with E-state index < -0.39 is 0 Å². The lowest BCUT2D eigenvalue weighted by Gasteiger charge is -2.36. The van der Waals surface area contributed by atoms with Crippen LogP contribution in [0.1, 0.15) is 12.8 Å². The minimum atomic E-state index is -0.223. The number of hydrogen-bond acceptors (Lipinski definition) is 2. The summed E-state index contributed by atoms with van der Waals surface area (Å²) < 4.78 is 12.9. The zero-order chi connectivity index (χ0) is 13.7. The Kier molecular flexibility index (Phi) is 5.02. The Morgan fingerprint density at radius 3 is 2.37 bits per heavy atom. The smallest absolute Gasteiger partial charge is 0.222 e. The molecule has 1 fully saturated rings. The molecule has 1 aliphatic heterocycles. The van der Waals surface area contributed by atoms with Crippen molar-refractivity contribution in [2.75, 3.05) is 37.0 Å². The number of benzene rings is 1. The van der Waals surface area contributed by atoms with Crippen molar-refractivity contribution in [3.63, 3.8) is 0 Å². The average Bonchev–Trinajstić information content (AvgIpc) is 2.46. The van der Waals surface area contributed by atoms with E-state index in [0.717, 1.165) is 38.3 Å². The molecule has 3 nitrogen and oxygen atoms in total. The monoisotopic (exact) mass is 284 g/mol. The topological polar surface area (TPSA) is 23.6 Å². The Bertz CT molecular complexity index is 416. The van der Waals surface area contributed by atoms with Crippen LogP contribution < -0.4 is 4.90 Å². The number of carbonyl (C=O) groups excluding carboxylic acids is 1. The molecule has 2 rings (SSSR count). The van der Waals surface area contributed by atoms with Gasteiger partial charge in [0.1, 0.15) is 5.82 Å². The van der Waals surface area contributed by atoms with Gasteiger partial charge in [-0.2, -0.15) is 0 Å². The highest BCUT2D eigenvalue weighted by Crippen LogP contribution is 2.17. The predicted octanol–water partition coefficient (Wildman–Crippen LogP) is 2.49. The molecule has 19 heavy (non-hydrogen) atoms. The molecule has 0 saturated carbocycles. The van der Waals surface area contributed by atoms with Crippen molar-refractivity contribution in [2.24, 2.45) is 0 Å². The zero-order valence-electron chi connectivity index (χ0n) is 10.8. The van der Waals surface area contributed by atoms with Gasteiger partial charge in [-0.05, 0) is 30.7 Å². The van der Waals surface area contributed by atoms with Gasteiger partial charge < -0.3 is 9.80 Å². The van der Waals surface area contributed by atoms with Crippen LogP contribution in [0.2, 0.25) is 0 Å². The Morgan fingerprint density at radius 1 is 1.16 bits per heavy atom. The lowest BCUT2D eigenvalue weighted by molar-refractivity contribution is -0.131. The first-order chi connectivity index (χ1) is 9.20. The van der Waals surface area contributed by atoms with E-state index in [0.29, 0.717) is 12.3 Å². The molecule has 1 saturated heterocycles. The normalized spacial score (nSPS) is 15.7. The molecule has 0 aromatic heterocycles. The molecule has 0 N–H and O–H groups in total. The summed E-state index contributed by atoms with van der Waals surface area (Å²) in [6.45, 7) is 3.02. The second-order valence-corrected chi connectivity index (χ2v) is 5.01. The number of rotatable bonds is 4. The maximum atomic E-state index is 12.9. The fraction of sp³-hybridized carbons (Fsp3) is 0.500. The molecular formula is C14H18ClFN2O. The van der Waals surface area contributed by atoms with Gasteiger partial charge in [-0.15, -0.1) is 11.6 Å². The molecule has 1 aliphatic rings. The predicted molar refractivity (Wildman–Crippen MR) is 75.1 cm³/mol. The highest BCUT2D eigenvalue weighted by Gasteiger charge is 2.20. The maximum Gasteiger partial charge on any atom is 0.222 e. The van der Waals surface area contributed by atoms with Gasteiger partial charge in [0, 0.05) is 44.2 Å². The van der Waals surface area contributed by atoms with E-state index in [1.165, 1.54) is 12.1 Å². The maximum absolute atomic E-state index is 12.9. The number of nitrogens with zero attached hydrogens (tertiary/aromatic N) is 2. The van der Waals surface area contributed by atoms with Crippen molar-refractivity contribution in [3.05, 3.63) is 30.1 Å². The molecule has 1 aromatic rings. The molecule has 104 valence electrons. The zero-order valence-corrected chi connectivity index (χ0v) is 11.6. The molecule has 0 unspecified atom stereocenters. The molecule has 1 heterocycles. The Morgan fingerprint density at radius 2 is 1.79 bits per heavy atom. The van der Waals surface area contributed by atoms with Gasteiger partial charge in [0.25, 0.3) is 0 Å². The van der Waals surface area contributed by atoms with Crippen molar-refractivity contribution in [1.82, 2.24) is 4.90 Å². The average molecular weight is 285 g/mol. The molecule has 5 heteroatoms. The van der Waals surface area contributed by atoms with Crippen LogP contribution in [-0.4, -0.2) is 42.9 Å². The second kappa shape index (κ2) is 6.75. The first kappa shape index (κ1) is 14.1. The summed E-state index contributed by atoms with van der Waals surface area (Å²) in [6.07, 6.45) is 1.26. The third kappa shape index (κ3) is 3.83. The molecule has 0 atom stereocenters. The summed E-state index contributed by atoms with van der Waals surface area (Å²) in [6, 6.07) is 6.49. The summed E-state index contributed by atoms with van der Waals surface area (Å²) in [5.74, 6) is 0.486. The molecule has 0 radical (unpaired) electrons. The van der Waals surface area contributed by atoms with Crippen molar-refractivity contribution in [3.8, 4) is 0 Å². The van der Waals surface area contributed by atoms with Crippen LogP contribution in [0, 0.1) is 5.82 Å². The summed E-state index contributed by atoms with van der Waals surface area (Å²) >= 11 is 5.59. The lowest BCUT2D eigenvalue weighted by Crippen LogP contribution is -2.48. The second-order valence-electron chi connectivity index (χ2n) is 4.64. The quantitative estimate of drug-likeness (QED) is 0.793. The van der Waals surface area contributed by atoms with Gasteiger partial charge in [-0.1, -0.05) is 0 Å². The highest BCUT2D eigenvalue weighted by molar-refractivity contribution is 6.17. The summed E-state index contributed by atoms with van der Waals surface area (Å²) in [5.41, 5.74) is 1.01. The number of amides is 1. The van der Waals surface area contributed by atoms with E-state index in [9.17, 15) is 9.18 Å². The van der Waals surface area contributed by atoms with Crippen molar-refractivity contribution >= 4 is 23.2 Å². The first-order valence-electron chi connectivity index (χ1n) is 6.55. The van der Waals surface area contributed by atoms with Crippen LogP contribution >= 0.6 is 11.6 Å². The van der Waals surface area contributed by atoms with E-state index in [1.807, 2.05) is 4.90 Å². The summed E-state index contributed by atoms with van der Waals surface area (Å²) in [5, 5.41) is 0. The van der Waals surface area contributed by atoms with Crippen LogP contribution in [-0.2, 0) is 4.79 Å². The minimum Gasteiger partial charge on any atom is -0.368 e. The first-order valence-corrected chi connectivity index (χ1v) is 7.08. The molecule has 1 aromatic carbocycles. The minimum absolute atomic E-state index is 0.180. The fourth-order valence-corrected chi connectivity index (χ4v) is 2.38. The summed E-state index contributed by atoms with van der Waals surface area (Å²) in [7, 11) is 0. The van der Waals surface area contributed by atoms with Crippen LogP contribution in [0.15, 0.2) is 24.3 Å². The number of piperazine rings is 1. The van der Waals surface area contributed by atoms with Gasteiger partial charge in [-0.3, -0.25) is 4.79 Å². The van der Waals surface area contributed by atoms with Crippen molar-refractivity contribution in [2.45, 2.75) is 12.8 Å². The molecular weight excluding hydrogens is 267 g/mol. The number of carbonyl (C=O) groups is 1. The molecule has 0 aliphatic carbocycles. The van der Waals surface area contributed by atoms with E-state index in [2.05, 4.69) is 4.90 Å². The van der Waals surface area contributed by atoms with Gasteiger partial charge >= 0.3 is 0 Å². The molecule has 1 amide bonds. The number of alkyl halides is 1.